The Labute approximate surface area is 63.3 Å². The van der Waals surface area contributed by atoms with Gasteiger partial charge in [-0.2, -0.15) is 0 Å². The molecule has 0 bridgehead atoms. The first-order valence-corrected chi connectivity index (χ1v) is 3.04. The van der Waals surface area contributed by atoms with Crippen LogP contribution in [0.15, 0.2) is 0 Å². The Kier molecular flexibility index (Phi) is 3.88. The van der Waals surface area contributed by atoms with Gasteiger partial charge >= 0.3 is 0 Å². The van der Waals surface area contributed by atoms with Crippen molar-refractivity contribution >= 4 is 12.1 Å². The van der Waals surface area contributed by atoms with Crippen molar-refractivity contribution in [1.29, 1.82) is 0 Å². The summed E-state index contributed by atoms with van der Waals surface area (Å²) in [7, 11) is 0. The van der Waals surface area contributed by atoms with Gasteiger partial charge in [-0.3, -0.25) is 9.59 Å². The van der Waals surface area contributed by atoms with E-state index in [1.54, 1.807) is 0 Å². The molecule has 0 aliphatic rings. The van der Waals surface area contributed by atoms with Crippen LogP contribution in [0.2, 0.25) is 0 Å². The number of carbonyl (C=O) groups excluding carboxylic acids is 2. The van der Waals surface area contributed by atoms with Gasteiger partial charge in [-0.15, -0.1) is 0 Å². The van der Waals surface area contributed by atoms with Crippen molar-refractivity contribution < 1.29 is 24.9 Å². The van der Waals surface area contributed by atoms with Gasteiger partial charge in [0.15, 0.2) is 6.29 Å². The molecule has 3 atom stereocenters. The van der Waals surface area contributed by atoms with Crippen LogP contribution in [0.5, 0.6) is 0 Å². The van der Waals surface area contributed by atoms with Crippen LogP contribution in [0.25, 0.3) is 0 Å². The zero-order valence-corrected chi connectivity index (χ0v) is 5.97. The van der Waals surface area contributed by atoms with Crippen LogP contribution in [0.4, 0.5) is 0 Å². The Hall–Kier alpha value is -0.780. The van der Waals surface area contributed by atoms with Crippen molar-refractivity contribution in [3.63, 3.8) is 0 Å². The van der Waals surface area contributed by atoms with Crippen LogP contribution in [0.1, 0.15) is 6.92 Å². The molecule has 5 heteroatoms. The minimum Gasteiger partial charge on any atom is -0.391 e. The average Bonchev–Trinajstić information content (AvgIpc) is 2.00. The van der Waals surface area contributed by atoms with E-state index in [4.69, 9.17) is 15.3 Å². The maximum Gasteiger partial charge on any atom is 0.226 e. The number of hydrogen-bond donors (Lipinski definition) is 3. The summed E-state index contributed by atoms with van der Waals surface area (Å²) in [5, 5.41) is 26.2. The van der Waals surface area contributed by atoms with E-state index in [9.17, 15) is 9.59 Å². The molecular formula is C6H10O5. The molecule has 0 radical (unpaired) electrons. The topological polar surface area (TPSA) is 94.8 Å². The van der Waals surface area contributed by atoms with E-state index >= 15 is 0 Å². The van der Waals surface area contributed by atoms with E-state index in [1.165, 1.54) is 6.92 Å². The molecule has 0 fully saturated rings. The summed E-state index contributed by atoms with van der Waals surface area (Å²) < 4.78 is 0. The van der Waals surface area contributed by atoms with Gasteiger partial charge in [0.2, 0.25) is 5.78 Å². The molecule has 0 unspecified atom stereocenters. The highest BCUT2D eigenvalue weighted by atomic mass is 16.4. The highest BCUT2D eigenvalue weighted by Gasteiger charge is 2.26. The van der Waals surface area contributed by atoms with Crippen LogP contribution in [0, 0.1) is 0 Å². The molecule has 0 aromatic carbocycles. The smallest absolute Gasteiger partial charge is 0.226 e. The molecule has 0 heterocycles. The fraction of sp³-hybridized carbons (Fsp3) is 0.667. The molecule has 0 rings (SSSR count). The first-order chi connectivity index (χ1) is 5.00. The third-order valence-corrected chi connectivity index (χ3v) is 1.23. The quantitative estimate of drug-likeness (QED) is 0.324. The average molecular weight is 162 g/mol. The normalized spacial score (nSPS) is 18.5. The number of Topliss-reactive ketones (excluding diaryl/α,β-unsaturated/α-hetero) is 1. The summed E-state index contributed by atoms with van der Waals surface area (Å²) in [6.07, 6.45) is -4.77. The second-order valence-electron chi connectivity index (χ2n) is 2.20. The lowest BCUT2D eigenvalue weighted by molar-refractivity contribution is -0.143. The Morgan fingerprint density at radius 3 is 2.09 bits per heavy atom. The molecule has 0 aromatic rings. The molecule has 11 heavy (non-hydrogen) atoms. The number of carbonyl (C=O) groups is 2. The number of aliphatic hydroxyl groups is 3. The highest BCUT2D eigenvalue weighted by molar-refractivity contribution is 6.27. The lowest BCUT2D eigenvalue weighted by Gasteiger charge is -2.16. The lowest BCUT2D eigenvalue weighted by atomic mass is 10.1. The van der Waals surface area contributed by atoms with Gasteiger partial charge in [0.05, 0.1) is 6.10 Å². The van der Waals surface area contributed by atoms with E-state index < -0.39 is 24.1 Å². The summed E-state index contributed by atoms with van der Waals surface area (Å²) in [5.41, 5.74) is 0. The Morgan fingerprint density at radius 1 is 1.36 bits per heavy atom. The maximum absolute atomic E-state index is 10.4. The molecule has 0 aliphatic heterocycles. The van der Waals surface area contributed by atoms with E-state index in [0.29, 0.717) is 0 Å². The van der Waals surface area contributed by atoms with Crippen molar-refractivity contribution in [2.24, 2.45) is 0 Å². The summed E-state index contributed by atoms with van der Waals surface area (Å²) in [5.74, 6) is -1.14. The fourth-order valence-electron chi connectivity index (χ4n) is 0.502. The molecule has 0 aliphatic carbocycles. The van der Waals surface area contributed by atoms with Gasteiger partial charge in [0, 0.05) is 0 Å². The second kappa shape index (κ2) is 4.17. The molecular weight excluding hydrogens is 152 g/mol. The van der Waals surface area contributed by atoms with Crippen LogP contribution in [0.3, 0.4) is 0 Å². The van der Waals surface area contributed by atoms with Crippen LogP contribution >= 0.6 is 0 Å². The van der Waals surface area contributed by atoms with Crippen LogP contribution in [-0.2, 0) is 9.59 Å². The predicted octanol–water partition coefficient (Wildman–Crippen LogP) is -2.14. The van der Waals surface area contributed by atoms with Crippen molar-refractivity contribution in [2.75, 3.05) is 0 Å². The van der Waals surface area contributed by atoms with Crippen molar-refractivity contribution in [2.45, 2.75) is 25.2 Å². The summed E-state index contributed by atoms with van der Waals surface area (Å²) in [6, 6.07) is 0. The van der Waals surface area contributed by atoms with Crippen molar-refractivity contribution in [3.8, 4) is 0 Å². The maximum atomic E-state index is 10.4. The zero-order chi connectivity index (χ0) is 9.02. The third-order valence-electron chi connectivity index (χ3n) is 1.23. The Morgan fingerprint density at radius 2 is 1.82 bits per heavy atom. The third kappa shape index (κ3) is 2.75. The second-order valence-corrected chi connectivity index (χ2v) is 2.20. The summed E-state index contributed by atoms with van der Waals surface area (Å²) in [6.45, 7) is 1.20. The van der Waals surface area contributed by atoms with Gasteiger partial charge in [-0.25, -0.2) is 0 Å². The van der Waals surface area contributed by atoms with Gasteiger partial charge in [0.1, 0.15) is 12.2 Å². The Balaban J connectivity index is 4.11. The molecule has 0 spiro atoms. The fourth-order valence-corrected chi connectivity index (χ4v) is 0.502. The zero-order valence-electron chi connectivity index (χ0n) is 5.97. The minimum absolute atomic E-state index is 0.101. The van der Waals surface area contributed by atoms with Gasteiger partial charge in [-0.1, -0.05) is 0 Å². The summed E-state index contributed by atoms with van der Waals surface area (Å²) >= 11 is 0. The highest BCUT2D eigenvalue weighted by Crippen LogP contribution is 1.99. The molecule has 5 nitrogen and oxygen atoms in total. The molecule has 0 saturated carbocycles. The predicted molar refractivity (Wildman–Crippen MR) is 34.8 cm³/mol. The SMILES string of the molecule is C[C@@H](O)[C@@H](O)[C@H](O)C(=O)C=O. The molecule has 64 valence electrons. The van der Waals surface area contributed by atoms with Gasteiger partial charge in [-0.05, 0) is 6.92 Å². The minimum atomic E-state index is -1.83. The summed E-state index contributed by atoms with van der Waals surface area (Å²) in [4.78, 5) is 20.1. The molecule has 0 aromatic heterocycles. The Bertz CT molecular complexity index is 153. The van der Waals surface area contributed by atoms with E-state index in [1.807, 2.05) is 0 Å². The monoisotopic (exact) mass is 162 g/mol. The largest absolute Gasteiger partial charge is 0.391 e. The lowest BCUT2D eigenvalue weighted by Crippen LogP contribution is -2.41. The van der Waals surface area contributed by atoms with Crippen molar-refractivity contribution in [3.05, 3.63) is 0 Å². The van der Waals surface area contributed by atoms with Gasteiger partial charge in [0.25, 0.3) is 0 Å². The molecule has 3 N–H and O–H groups in total. The van der Waals surface area contributed by atoms with E-state index in [2.05, 4.69) is 0 Å². The number of ketones is 1. The number of hydrogen-bond acceptors (Lipinski definition) is 5. The number of aldehydes is 1. The van der Waals surface area contributed by atoms with Crippen molar-refractivity contribution in [1.82, 2.24) is 0 Å². The van der Waals surface area contributed by atoms with Crippen LogP contribution in [-0.4, -0.2) is 45.7 Å². The first-order valence-electron chi connectivity index (χ1n) is 3.04. The molecule has 0 saturated heterocycles. The standard InChI is InChI=1S/C6H10O5/c1-3(8)5(10)6(11)4(9)2-7/h2-3,5-6,8,10-11H,1H3/t3-,5-,6-/m1/s1. The number of aliphatic hydroxyl groups excluding tert-OH is 3. The number of rotatable bonds is 4. The first kappa shape index (κ1) is 10.2. The molecule has 0 amide bonds. The van der Waals surface area contributed by atoms with Gasteiger partial charge < -0.3 is 15.3 Å². The van der Waals surface area contributed by atoms with Crippen LogP contribution < -0.4 is 0 Å². The van der Waals surface area contributed by atoms with E-state index in [0.717, 1.165) is 0 Å². The van der Waals surface area contributed by atoms with E-state index in [-0.39, 0.29) is 6.29 Å².